The first kappa shape index (κ1) is 18.9. The fraction of sp³-hybridized carbons (Fsp3) is 0.105. The Bertz CT molecular complexity index is 970. The van der Waals surface area contributed by atoms with E-state index >= 15 is 0 Å². The molecule has 3 rings (SSSR count). The Labute approximate surface area is 165 Å². The van der Waals surface area contributed by atoms with Crippen molar-refractivity contribution in [2.24, 2.45) is 5.10 Å². The van der Waals surface area contributed by atoms with E-state index in [-0.39, 0.29) is 5.91 Å². The normalized spacial score (nSPS) is 10.9. The summed E-state index contributed by atoms with van der Waals surface area (Å²) in [5.74, 6) is 0.395. The Morgan fingerprint density at radius 1 is 1.33 bits per heavy atom. The quantitative estimate of drug-likeness (QED) is 0.483. The summed E-state index contributed by atoms with van der Waals surface area (Å²) in [5, 5.41) is 5.00. The van der Waals surface area contributed by atoms with Crippen molar-refractivity contribution >= 4 is 40.2 Å². The summed E-state index contributed by atoms with van der Waals surface area (Å²) < 4.78 is 5.73. The second-order valence-electron chi connectivity index (χ2n) is 5.65. The number of nitrogen functional groups attached to an aromatic ring is 1. The summed E-state index contributed by atoms with van der Waals surface area (Å²) in [6.45, 7) is 2.16. The predicted octanol–water partition coefficient (Wildman–Crippen LogP) is 4.03. The number of rotatable bonds is 6. The summed E-state index contributed by atoms with van der Waals surface area (Å²) in [4.78, 5) is 16.5. The van der Waals surface area contributed by atoms with Crippen LogP contribution in [0.25, 0.3) is 0 Å². The Kier molecular flexibility index (Phi) is 6.05. The number of nitrogens with two attached hydrogens (primary N) is 1. The molecule has 0 fully saturated rings. The molecular formula is C19H17ClN4O2S. The predicted molar refractivity (Wildman–Crippen MR) is 109 cm³/mol. The van der Waals surface area contributed by atoms with E-state index in [4.69, 9.17) is 22.1 Å². The van der Waals surface area contributed by atoms with Crippen LogP contribution in [-0.4, -0.2) is 17.1 Å². The molecule has 0 radical (unpaired) electrons. The molecule has 2 aromatic carbocycles. The van der Waals surface area contributed by atoms with Crippen LogP contribution in [0.4, 0.5) is 5.13 Å². The lowest BCUT2D eigenvalue weighted by molar-refractivity contribution is 0.0958. The SMILES string of the molecule is Cc1nc(N)sc1C(=O)NN=Cc1ccc(OCc2cccc(Cl)c2)cc1. The van der Waals surface area contributed by atoms with Gasteiger partial charge in [0.25, 0.3) is 5.91 Å². The number of nitrogens with zero attached hydrogens (tertiary/aromatic N) is 2. The van der Waals surface area contributed by atoms with Crippen LogP contribution in [0.5, 0.6) is 5.75 Å². The zero-order valence-corrected chi connectivity index (χ0v) is 16.1. The van der Waals surface area contributed by atoms with E-state index < -0.39 is 0 Å². The van der Waals surface area contributed by atoms with Gasteiger partial charge in [-0.25, -0.2) is 10.4 Å². The van der Waals surface area contributed by atoms with Crippen LogP contribution in [0.1, 0.15) is 26.5 Å². The second-order valence-corrected chi connectivity index (χ2v) is 7.12. The lowest BCUT2D eigenvalue weighted by Gasteiger charge is -2.06. The van der Waals surface area contributed by atoms with Gasteiger partial charge in [-0.15, -0.1) is 0 Å². The minimum Gasteiger partial charge on any atom is -0.489 e. The zero-order valence-electron chi connectivity index (χ0n) is 14.5. The summed E-state index contributed by atoms with van der Waals surface area (Å²) in [6.07, 6.45) is 1.55. The number of halogens is 1. The molecule has 138 valence electrons. The van der Waals surface area contributed by atoms with Gasteiger partial charge in [-0.3, -0.25) is 4.79 Å². The lowest BCUT2D eigenvalue weighted by atomic mass is 10.2. The Balaban J connectivity index is 1.53. The molecule has 0 aliphatic carbocycles. The van der Waals surface area contributed by atoms with E-state index in [9.17, 15) is 4.79 Å². The van der Waals surface area contributed by atoms with E-state index in [2.05, 4.69) is 15.5 Å². The molecule has 27 heavy (non-hydrogen) atoms. The van der Waals surface area contributed by atoms with Crippen LogP contribution in [0, 0.1) is 6.92 Å². The van der Waals surface area contributed by atoms with E-state index in [1.165, 1.54) is 0 Å². The molecule has 0 spiro atoms. The highest BCUT2D eigenvalue weighted by molar-refractivity contribution is 7.17. The van der Waals surface area contributed by atoms with Crippen LogP contribution >= 0.6 is 22.9 Å². The molecule has 0 unspecified atom stereocenters. The fourth-order valence-electron chi connectivity index (χ4n) is 2.29. The molecule has 0 aliphatic rings. The van der Waals surface area contributed by atoms with Crippen LogP contribution in [0.3, 0.4) is 0 Å². The molecule has 0 bridgehead atoms. The number of hydrogen-bond donors (Lipinski definition) is 2. The first-order valence-electron chi connectivity index (χ1n) is 8.05. The van der Waals surface area contributed by atoms with Gasteiger partial charge in [-0.1, -0.05) is 35.1 Å². The highest BCUT2D eigenvalue weighted by atomic mass is 35.5. The molecule has 0 aliphatic heterocycles. The van der Waals surface area contributed by atoms with Crippen LogP contribution in [-0.2, 0) is 6.61 Å². The third-order valence-corrected chi connectivity index (χ3v) is 4.79. The number of aromatic nitrogens is 1. The minimum atomic E-state index is -0.334. The van der Waals surface area contributed by atoms with Gasteiger partial charge < -0.3 is 10.5 Å². The number of benzene rings is 2. The molecule has 3 N–H and O–H groups in total. The maximum absolute atomic E-state index is 12.0. The third kappa shape index (κ3) is 5.29. The smallest absolute Gasteiger partial charge is 0.283 e. The number of ether oxygens (including phenoxy) is 1. The largest absolute Gasteiger partial charge is 0.489 e. The molecule has 6 nitrogen and oxygen atoms in total. The second kappa shape index (κ2) is 8.66. The van der Waals surface area contributed by atoms with Crippen molar-refractivity contribution in [2.75, 3.05) is 5.73 Å². The average molecular weight is 401 g/mol. The maximum Gasteiger partial charge on any atom is 0.283 e. The first-order valence-corrected chi connectivity index (χ1v) is 9.24. The van der Waals surface area contributed by atoms with Crippen molar-refractivity contribution in [3.05, 3.63) is 75.3 Å². The summed E-state index contributed by atoms with van der Waals surface area (Å²) in [7, 11) is 0. The van der Waals surface area contributed by atoms with Gasteiger partial charge in [0, 0.05) is 5.02 Å². The molecule has 0 saturated heterocycles. The van der Waals surface area contributed by atoms with E-state index in [1.54, 1.807) is 13.1 Å². The summed E-state index contributed by atoms with van der Waals surface area (Å²) in [5.41, 5.74) is 10.5. The molecule has 1 amide bonds. The molecule has 8 heteroatoms. The van der Waals surface area contributed by atoms with Crippen LogP contribution in [0.15, 0.2) is 53.6 Å². The van der Waals surface area contributed by atoms with Crippen molar-refractivity contribution in [3.63, 3.8) is 0 Å². The Morgan fingerprint density at radius 2 is 2.11 bits per heavy atom. The maximum atomic E-state index is 12.0. The Morgan fingerprint density at radius 3 is 2.78 bits per heavy atom. The highest BCUT2D eigenvalue weighted by Crippen LogP contribution is 2.19. The number of hydrogen-bond acceptors (Lipinski definition) is 6. The monoisotopic (exact) mass is 400 g/mol. The highest BCUT2D eigenvalue weighted by Gasteiger charge is 2.13. The number of thiazole rings is 1. The van der Waals surface area contributed by atoms with Gasteiger partial charge in [-0.05, 0) is 54.4 Å². The topological polar surface area (TPSA) is 89.6 Å². The zero-order chi connectivity index (χ0) is 19.2. The molecule has 0 atom stereocenters. The van der Waals surface area contributed by atoms with Crippen molar-refractivity contribution < 1.29 is 9.53 Å². The van der Waals surface area contributed by atoms with Crippen molar-refractivity contribution in [1.29, 1.82) is 0 Å². The minimum absolute atomic E-state index is 0.334. The van der Waals surface area contributed by atoms with Crippen molar-refractivity contribution in [2.45, 2.75) is 13.5 Å². The average Bonchev–Trinajstić information content (AvgIpc) is 2.99. The number of carbonyl (C=O) groups excluding carboxylic acids is 1. The molecule has 1 aromatic heterocycles. The Hall–Kier alpha value is -2.90. The summed E-state index contributed by atoms with van der Waals surface area (Å²) in [6, 6.07) is 14.9. The molecule has 1 heterocycles. The standard InChI is InChI=1S/C19H17ClN4O2S/c1-12-17(27-19(21)23-12)18(25)24-22-10-13-5-7-16(8-6-13)26-11-14-3-2-4-15(20)9-14/h2-10H,11H2,1H3,(H2,21,23)(H,24,25). The van der Waals surface area contributed by atoms with Gasteiger partial charge in [-0.2, -0.15) is 5.10 Å². The van der Waals surface area contributed by atoms with Crippen molar-refractivity contribution in [3.8, 4) is 5.75 Å². The van der Waals surface area contributed by atoms with Crippen LogP contribution < -0.4 is 15.9 Å². The number of amides is 1. The van der Waals surface area contributed by atoms with E-state index in [0.29, 0.717) is 27.3 Å². The van der Waals surface area contributed by atoms with Gasteiger partial charge >= 0.3 is 0 Å². The van der Waals surface area contributed by atoms with Gasteiger partial charge in [0.15, 0.2) is 5.13 Å². The first-order chi connectivity index (χ1) is 13.0. The van der Waals surface area contributed by atoms with E-state index in [0.717, 1.165) is 28.2 Å². The number of anilines is 1. The van der Waals surface area contributed by atoms with Gasteiger partial charge in [0.1, 0.15) is 17.2 Å². The van der Waals surface area contributed by atoms with Crippen molar-refractivity contribution in [1.82, 2.24) is 10.4 Å². The molecule has 3 aromatic rings. The lowest BCUT2D eigenvalue weighted by Crippen LogP contribution is -2.17. The molecule has 0 saturated carbocycles. The number of carbonyl (C=O) groups is 1. The molecular weight excluding hydrogens is 384 g/mol. The fourth-order valence-corrected chi connectivity index (χ4v) is 3.22. The van der Waals surface area contributed by atoms with Crippen LogP contribution in [0.2, 0.25) is 5.02 Å². The number of aryl methyl sites for hydroxylation is 1. The number of nitrogens with one attached hydrogen (secondary N) is 1. The van der Waals surface area contributed by atoms with Gasteiger partial charge in [0.2, 0.25) is 0 Å². The number of hydrazone groups is 1. The van der Waals surface area contributed by atoms with E-state index in [1.807, 2.05) is 48.5 Å². The van der Waals surface area contributed by atoms with Gasteiger partial charge in [0.05, 0.1) is 11.9 Å². The third-order valence-electron chi connectivity index (χ3n) is 3.57. The summed E-state index contributed by atoms with van der Waals surface area (Å²) >= 11 is 7.09.